The molecule has 84 valence electrons. The minimum absolute atomic E-state index is 0.304. The number of guanidine groups is 1. The number of thiazole rings is 1. The van der Waals surface area contributed by atoms with Crippen LogP contribution in [0.15, 0.2) is 8.78 Å². The third-order valence-electron chi connectivity index (χ3n) is 1.61. The summed E-state index contributed by atoms with van der Waals surface area (Å²) in [5.74, 6) is 0.467. The Morgan fingerprint density at radius 2 is 2.33 bits per heavy atom. The highest BCUT2D eigenvalue weighted by Gasteiger charge is 2.04. The highest BCUT2D eigenvalue weighted by atomic mass is 79.9. The van der Waals surface area contributed by atoms with Gasteiger partial charge in [-0.05, 0) is 36.7 Å². The standard InChI is InChI=1S/C9H15BrN4S/c1-5(2)13-9(11)12-4-7-14-6(3)8(10)15-7/h5H,4H2,1-3H3,(H3,11,12,13). The summed E-state index contributed by atoms with van der Waals surface area (Å²) in [6, 6.07) is 0.304. The molecule has 0 aliphatic heterocycles. The monoisotopic (exact) mass is 290 g/mol. The number of nitrogens with one attached hydrogen (secondary N) is 1. The zero-order valence-electron chi connectivity index (χ0n) is 9.04. The number of aryl methyl sites for hydroxylation is 1. The highest BCUT2D eigenvalue weighted by molar-refractivity contribution is 9.11. The number of halogens is 1. The van der Waals surface area contributed by atoms with Gasteiger partial charge in [-0.15, -0.1) is 11.3 Å². The summed E-state index contributed by atoms with van der Waals surface area (Å²) < 4.78 is 1.06. The summed E-state index contributed by atoms with van der Waals surface area (Å²) in [5, 5.41) is 3.99. The molecule has 0 aliphatic rings. The summed E-state index contributed by atoms with van der Waals surface area (Å²) in [6.45, 7) is 6.53. The molecule has 1 aromatic rings. The Morgan fingerprint density at radius 1 is 1.67 bits per heavy atom. The number of hydrogen-bond donors (Lipinski definition) is 2. The summed E-state index contributed by atoms with van der Waals surface area (Å²) in [7, 11) is 0. The number of nitrogens with two attached hydrogens (primary N) is 1. The van der Waals surface area contributed by atoms with E-state index in [-0.39, 0.29) is 0 Å². The number of aliphatic imine (C=N–C) groups is 1. The van der Waals surface area contributed by atoms with Crippen LogP contribution in [0.3, 0.4) is 0 Å². The second-order valence-corrected chi connectivity index (χ2v) is 5.87. The van der Waals surface area contributed by atoms with E-state index in [0.717, 1.165) is 14.5 Å². The topological polar surface area (TPSA) is 63.3 Å². The fourth-order valence-corrected chi connectivity index (χ4v) is 2.35. The van der Waals surface area contributed by atoms with Gasteiger partial charge in [-0.3, -0.25) is 0 Å². The molecule has 0 fully saturated rings. The first kappa shape index (κ1) is 12.4. The zero-order valence-corrected chi connectivity index (χ0v) is 11.4. The van der Waals surface area contributed by atoms with E-state index in [1.165, 1.54) is 0 Å². The quantitative estimate of drug-likeness (QED) is 0.661. The number of rotatable bonds is 3. The molecule has 1 aromatic heterocycles. The number of nitrogens with zero attached hydrogens (tertiary/aromatic N) is 2. The van der Waals surface area contributed by atoms with Crippen LogP contribution in [0.5, 0.6) is 0 Å². The summed E-state index contributed by atoms with van der Waals surface area (Å²) in [4.78, 5) is 8.54. The van der Waals surface area contributed by atoms with Crippen LogP contribution in [0.4, 0.5) is 0 Å². The van der Waals surface area contributed by atoms with Crippen molar-refractivity contribution >= 4 is 33.2 Å². The normalized spacial score (nSPS) is 12.2. The van der Waals surface area contributed by atoms with E-state index in [1.54, 1.807) is 11.3 Å². The molecular formula is C9H15BrN4S. The Balaban J connectivity index is 2.55. The predicted octanol–water partition coefficient (Wildman–Crippen LogP) is 2.03. The van der Waals surface area contributed by atoms with E-state index in [1.807, 2.05) is 20.8 Å². The van der Waals surface area contributed by atoms with Crippen molar-refractivity contribution in [3.8, 4) is 0 Å². The largest absolute Gasteiger partial charge is 0.370 e. The summed E-state index contributed by atoms with van der Waals surface area (Å²) in [6.07, 6.45) is 0. The minimum Gasteiger partial charge on any atom is -0.370 e. The molecule has 0 saturated carbocycles. The van der Waals surface area contributed by atoms with Gasteiger partial charge < -0.3 is 11.1 Å². The first-order valence-corrected chi connectivity index (χ1v) is 6.28. The summed E-state index contributed by atoms with van der Waals surface area (Å²) in [5.41, 5.74) is 6.67. The van der Waals surface area contributed by atoms with Gasteiger partial charge in [-0.25, -0.2) is 9.98 Å². The van der Waals surface area contributed by atoms with Gasteiger partial charge in [0.2, 0.25) is 0 Å². The van der Waals surface area contributed by atoms with Gasteiger partial charge in [0, 0.05) is 6.04 Å². The lowest BCUT2D eigenvalue weighted by Gasteiger charge is -2.07. The fourth-order valence-electron chi connectivity index (χ4n) is 0.993. The first-order valence-electron chi connectivity index (χ1n) is 4.67. The van der Waals surface area contributed by atoms with Crippen LogP contribution in [0.1, 0.15) is 24.5 Å². The molecule has 0 radical (unpaired) electrons. The second kappa shape index (κ2) is 5.46. The lowest BCUT2D eigenvalue weighted by Crippen LogP contribution is -2.36. The lowest BCUT2D eigenvalue weighted by molar-refractivity contribution is 0.723. The Morgan fingerprint density at radius 3 is 2.80 bits per heavy atom. The van der Waals surface area contributed by atoms with Crippen LogP contribution >= 0.6 is 27.3 Å². The van der Waals surface area contributed by atoms with Crippen LogP contribution in [0, 0.1) is 6.92 Å². The Kier molecular flexibility index (Phi) is 4.53. The van der Waals surface area contributed by atoms with Crippen LogP contribution < -0.4 is 11.1 Å². The average molecular weight is 291 g/mol. The highest BCUT2D eigenvalue weighted by Crippen LogP contribution is 2.24. The van der Waals surface area contributed by atoms with E-state index in [4.69, 9.17) is 5.73 Å². The molecule has 3 N–H and O–H groups in total. The van der Waals surface area contributed by atoms with Gasteiger partial charge >= 0.3 is 0 Å². The molecule has 0 saturated heterocycles. The molecule has 1 rings (SSSR count). The third kappa shape index (κ3) is 4.17. The number of hydrogen-bond acceptors (Lipinski definition) is 3. The van der Waals surface area contributed by atoms with E-state index >= 15 is 0 Å². The van der Waals surface area contributed by atoms with Crippen LogP contribution in [-0.4, -0.2) is 17.0 Å². The van der Waals surface area contributed by atoms with Gasteiger partial charge in [0.05, 0.1) is 16.0 Å². The van der Waals surface area contributed by atoms with Crippen molar-refractivity contribution in [2.45, 2.75) is 33.4 Å². The second-order valence-electron chi connectivity index (χ2n) is 3.47. The Labute approximate surface area is 102 Å². The third-order valence-corrected chi connectivity index (χ3v) is 3.60. The molecule has 4 nitrogen and oxygen atoms in total. The van der Waals surface area contributed by atoms with E-state index < -0.39 is 0 Å². The van der Waals surface area contributed by atoms with Crippen molar-refractivity contribution in [3.63, 3.8) is 0 Å². The fraction of sp³-hybridized carbons (Fsp3) is 0.556. The minimum atomic E-state index is 0.304. The molecule has 6 heteroatoms. The van der Waals surface area contributed by atoms with Crippen molar-refractivity contribution in [1.82, 2.24) is 10.3 Å². The van der Waals surface area contributed by atoms with Crippen LogP contribution in [0.25, 0.3) is 0 Å². The smallest absolute Gasteiger partial charge is 0.189 e. The molecule has 0 unspecified atom stereocenters. The van der Waals surface area contributed by atoms with E-state index in [0.29, 0.717) is 18.5 Å². The van der Waals surface area contributed by atoms with Crippen LogP contribution in [0.2, 0.25) is 0 Å². The molecule has 0 spiro atoms. The maximum atomic E-state index is 5.67. The molecule has 0 atom stereocenters. The van der Waals surface area contributed by atoms with Gasteiger partial charge in [-0.1, -0.05) is 0 Å². The Bertz CT molecular complexity index is 339. The summed E-state index contributed by atoms with van der Waals surface area (Å²) >= 11 is 5.01. The van der Waals surface area contributed by atoms with Gasteiger partial charge in [0.25, 0.3) is 0 Å². The molecule has 0 aliphatic carbocycles. The molecule has 1 heterocycles. The predicted molar refractivity (Wildman–Crippen MR) is 68.1 cm³/mol. The van der Waals surface area contributed by atoms with Crippen LogP contribution in [-0.2, 0) is 6.54 Å². The Hall–Kier alpha value is -0.620. The average Bonchev–Trinajstić information content (AvgIpc) is 2.42. The van der Waals surface area contributed by atoms with Gasteiger partial charge in [0.1, 0.15) is 5.01 Å². The molecule has 15 heavy (non-hydrogen) atoms. The maximum Gasteiger partial charge on any atom is 0.189 e. The molecule has 0 aromatic carbocycles. The van der Waals surface area contributed by atoms with Crippen molar-refractivity contribution in [1.29, 1.82) is 0 Å². The van der Waals surface area contributed by atoms with Crippen molar-refractivity contribution in [2.75, 3.05) is 0 Å². The molecular weight excluding hydrogens is 276 g/mol. The number of aromatic nitrogens is 1. The lowest BCUT2D eigenvalue weighted by atomic mass is 10.4. The van der Waals surface area contributed by atoms with E-state index in [9.17, 15) is 0 Å². The van der Waals surface area contributed by atoms with Gasteiger partial charge in [0.15, 0.2) is 5.96 Å². The molecule has 0 amide bonds. The van der Waals surface area contributed by atoms with E-state index in [2.05, 4.69) is 31.2 Å². The van der Waals surface area contributed by atoms with Crippen molar-refractivity contribution in [3.05, 3.63) is 14.5 Å². The van der Waals surface area contributed by atoms with Crippen molar-refractivity contribution in [2.24, 2.45) is 10.7 Å². The maximum absolute atomic E-state index is 5.67. The SMILES string of the molecule is Cc1nc(CN=C(N)NC(C)C)sc1Br. The van der Waals surface area contributed by atoms with Gasteiger partial charge in [-0.2, -0.15) is 0 Å². The first-order chi connectivity index (χ1) is 6.99. The molecule has 0 bridgehead atoms. The van der Waals surface area contributed by atoms with Crippen molar-refractivity contribution < 1.29 is 0 Å². The zero-order chi connectivity index (χ0) is 11.4.